The molecule has 0 bridgehead atoms. The Bertz CT molecular complexity index is 385. The molecule has 4 heteroatoms. The van der Waals surface area contributed by atoms with Crippen LogP contribution in [0.5, 0.6) is 11.5 Å². The van der Waals surface area contributed by atoms with Crippen LogP contribution in [0.2, 0.25) is 0 Å². The van der Waals surface area contributed by atoms with Gasteiger partial charge in [-0.1, -0.05) is 12.1 Å². The van der Waals surface area contributed by atoms with Crippen LogP contribution < -0.4 is 14.8 Å². The predicted molar refractivity (Wildman–Crippen MR) is 72.3 cm³/mol. The van der Waals surface area contributed by atoms with E-state index in [0.29, 0.717) is 18.0 Å². The van der Waals surface area contributed by atoms with E-state index in [1.807, 2.05) is 18.2 Å². The third-order valence-electron chi connectivity index (χ3n) is 2.62. The smallest absolute Gasteiger partial charge is 0.166 e. The number of rotatable bonds is 5. The van der Waals surface area contributed by atoms with Gasteiger partial charge in [0.1, 0.15) is 0 Å². The van der Waals surface area contributed by atoms with Gasteiger partial charge in [0.05, 0.1) is 20.3 Å². The highest BCUT2D eigenvalue weighted by Gasteiger charge is 2.19. The van der Waals surface area contributed by atoms with Crippen molar-refractivity contribution >= 4 is 0 Å². The Kier molecular flexibility index (Phi) is 4.99. The predicted octanol–water partition coefficient (Wildman–Crippen LogP) is 2.13. The monoisotopic (exact) mass is 253 g/mol. The highest BCUT2D eigenvalue weighted by atomic mass is 16.5. The van der Waals surface area contributed by atoms with Crippen molar-refractivity contribution in [1.82, 2.24) is 5.32 Å². The Labute approximate surface area is 109 Å². The molecule has 0 heterocycles. The Morgan fingerprint density at radius 1 is 1.22 bits per heavy atom. The molecule has 0 aromatic heterocycles. The second-order valence-corrected chi connectivity index (χ2v) is 5.23. The van der Waals surface area contributed by atoms with Crippen molar-refractivity contribution in [2.45, 2.75) is 32.4 Å². The molecule has 0 aliphatic heterocycles. The minimum atomic E-state index is -0.630. The first-order valence-electron chi connectivity index (χ1n) is 6.03. The topological polar surface area (TPSA) is 50.7 Å². The fraction of sp³-hybridized carbons (Fsp3) is 0.571. The molecule has 0 amide bonds. The van der Waals surface area contributed by atoms with Crippen molar-refractivity contribution in [2.75, 3.05) is 20.8 Å². The Morgan fingerprint density at radius 3 is 2.39 bits per heavy atom. The molecule has 0 aliphatic carbocycles. The van der Waals surface area contributed by atoms with Crippen molar-refractivity contribution in [1.29, 1.82) is 0 Å². The first-order chi connectivity index (χ1) is 8.39. The van der Waals surface area contributed by atoms with Crippen molar-refractivity contribution in [3.63, 3.8) is 0 Å². The molecule has 1 aromatic rings. The summed E-state index contributed by atoms with van der Waals surface area (Å²) in [5.41, 5.74) is 0.696. The normalized spacial score (nSPS) is 13.2. The highest BCUT2D eigenvalue weighted by molar-refractivity contribution is 5.47. The van der Waals surface area contributed by atoms with Crippen LogP contribution in [0.15, 0.2) is 18.2 Å². The summed E-state index contributed by atoms with van der Waals surface area (Å²) in [6, 6.07) is 5.50. The molecule has 1 aromatic carbocycles. The number of nitrogens with one attached hydrogen (secondary N) is 1. The van der Waals surface area contributed by atoms with Gasteiger partial charge < -0.3 is 19.9 Å². The molecule has 0 spiro atoms. The highest BCUT2D eigenvalue weighted by Crippen LogP contribution is 2.34. The summed E-state index contributed by atoms with van der Waals surface area (Å²) >= 11 is 0. The number of hydrogen-bond acceptors (Lipinski definition) is 4. The van der Waals surface area contributed by atoms with Crippen molar-refractivity contribution in [3.05, 3.63) is 23.8 Å². The molecule has 1 unspecified atom stereocenters. The second kappa shape index (κ2) is 6.07. The molecular weight excluding hydrogens is 230 g/mol. The van der Waals surface area contributed by atoms with Gasteiger partial charge in [-0.05, 0) is 26.8 Å². The van der Waals surface area contributed by atoms with Gasteiger partial charge >= 0.3 is 0 Å². The molecule has 1 rings (SSSR count). The van der Waals surface area contributed by atoms with E-state index in [9.17, 15) is 5.11 Å². The van der Waals surface area contributed by atoms with E-state index in [1.54, 1.807) is 14.2 Å². The van der Waals surface area contributed by atoms with Crippen LogP contribution >= 0.6 is 0 Å². The first kappa shape index (κ1) is 14.8. The molecule has 18 heavy (non-hydrogen) atoms. The summed E-state index contributed by atoms with van der Waals surface area (Å²) in [6.07, 6.45) is -0.630. The maximum absolute atomic E-state index is 10.2. The van der Waals surface area contributed by atoms with E-state index in [-0.39, 0.29) is 5.54 Å². The minimum Gasteiger partial charge on any atom is -0.493 e. The number of aliphatic hydroxyl groups excluding tert-OH is 1. The summed E-state index contributed by atoms with van der Waals surface area (Å²) < 4.78 is 10.5. The first-order valence-corrected chi connectivity index (χ1v) is 6.03. The molecule has 4 nitrogen and oxygen atoms in total. The summed E-state index contributed by atoms with van der Waals surface area (Å²) in [7, 11) is 3.16. The average molecular weight is 253 g/mol. The molecule has 2 N–H and O–H groups in total. The van der Waals surface area contributed by atoms with Gasteiger partial charge in [-0.2, -0.15) is 0 Å². The van der Waals surface area contributed by atoms with Gasteiger partial charge in [0.2, 0.25) is 0 Å². The third-order valence-corrected chi connectivity index (χ3v) is 2.62. The van der Waals surface area contributed by atoms with Crippen molar-refractivity contribution < 1.29 is 14.6 Å². The van der Waals surface area contributed by atoms with Crippen LogP contribution in [-0.4, -0.2) is 31.4 Å². The van der Waals surface area contributed by atoms with Crippen LogP contribution in [0.1, 0.15) is 32.4 Å². The van der Waals surface area contributed by atoms with E-state index in [4.69, 9.17) is 9.47 Å². The Morgan fingerprint density at radius 2 is 1.89 bits per heavy atom. The van der Waals surface area contributed by atoms with Crippen LogP contribution in [0.3, 0.4) is 0 Å². The van der Waals surface area contributed by atoms with Crippen LogP contribution in [-0.2, 0) is 0 Å². The largest absolute Gasteiger partial charge is 0.493 e. The van der Waals surface area contributed by atoms with Gasteiger partial charge in [-0.3, -0.25) is 0 Å². The number of para-hydroxylation sites is 1. The molecular formula is C14H23NO3. The van der Waals surface area contributed by atoms with E-state index in [2.05, 4.69) is 26.1 Å². The van der Waals surface area contributed by atoms with Crippen molar-refractivity contribution in [2.24, 2.45) is 0 Å². The maximum atomic E-state index is 10.2. The summed E-state index contributed by atoms with van der Waals surface area (Å²) in [5.74, 6) is 1.22. The van der Waals surface area contributed by atoms with Crippen LogP contribution in [0.25, 0.3) is 0 Å². The molecule has 102 valence electrons. The zero-order valence-electron chi connectivity index (χ0n) is 11.8. The fourth-order valence-electron chi connectivity index (χ4n) is 1.69. The number of benzene rings is 1. The second-order valence-electron chi connectivity index (χ2n) is 5.23. The fourth-order valence-corrected chi connectivity index (χ4v) is 1.69. The van der Waals surface area contributed by atoms with Gasteiger partial charge in [0.15, 0.2) is 11.5 Å². The SMILES string of the molecule is COc1cccc(C(O)CNC(C)(C)C)c1OC. The van der Waals surface area contributed by atoms with Gasteiger partial charge in [-0.15, -0.1) is 0 Å². The minimum absolute atomic E-state index is 0.0346. The summed E-state index contributed by atoms with van der Waals surface area (Å²) in [5, 5.41) is 13.5. The van der Waals surface area contributed by atoms with E-state index >= 15 is 0 Å². The van der Waals surface area contributed by atoms with E-state index in [1.165, 1.54) is 0 Å². The van der Waals surface area contributed by atoms with E-state index < -0.39 is 6.10 Å². The standard InChI is InChI=1S/C14H23NO3/c1-14(2,3)15-9-11(16)10-7-6-8-12(17-4)13(10)18-5/h6-8,11,15-16H,9H2,1-5H3. The average Bonchev–Trinajstić information content (AvgIpc) is 2.33. The summed E-state index contributed by atoms with van der Waals surface area (Å²) in [6.45, 7) is 6.64. The quantitative estimate of drug-likeness (QED) is 0.844. The molecule has 1 atom stereocenters. The maximum Gasteiger partial charge on any atom is 0.166 e. The zero-order valence-corrected chi connectivity index (χ0v) is 11.8. The Hall–Kier alpha value is -1.26. The lowest BCUT2D eigenvalue weighted by molar-refractivity contribution is 0.158. The number of methoxy groups -OCH3 is 2. The van der Waals surface area contributed by atoms with Crippen LogP contribution in [0, 0.1) is 0 Å². The van der Waals surface area contributed by atoms with Crippen LogP contribution in [0.4, 0.5) is 0 Å². The lowest BCUT2D eigenvalue weighted by Crippen LogP contribution is -2.38. The number of aliphatic hydroxyl groups is 1. The molecule has 0 radical (unpaired) electrons. The number of β-amino-alcohol motifs (C(OH)–C–C–N with tert-alkyl or cyclic N) is 1. The molecule has 0 saturated carbocycles. The van der Waals surface area contributed by atoms with Gasteiger partial charge in [0, 0.05) is 17.6 Å². The van der Waals surface area contributed by atoms with Gasteiger partial charge in [0.25, 0.3) is 0 Å². The Balaban J connectivity index is 2.88. The number of hydrogen-bond donors (Lipinski definition) is 2. The zero-order chi connectivity index (χ0) is 13.8. The molecule has 0 fully saturated rings. The number of ether oxygens (including phenoxy) is 2. The molecule has 0 aliphatic rings. The lowest BCUT2D eigenvalue weighted by Gasteiger charge is -2.24. The van der Waals surface area contributed by atoms with E-state index in [0.717, 1.165) is 5.56 Å². The third kappa shape index (κ3) is 3.89. The molecule has 0 saturated heterocycles. The summed E-state index contributed by atoms with van der Waals surface area (Å²) in [4.78, 5) is 0. The lowest BCUT2D eigenvalue weighted by atomic mass is 10.0. The van der Waals surface area contributed by atoms with Crippen molar-refractivity contribution in [3.8, 4) is 11.5 Å². The van der Waals surface area contributed by atoms with Gasteiger partial charge in [-0.25, -0.2) is 0 Å².